The molecule has 1 aromatic heterocycles. The number of hydrogen-bond donors (Lipinski definition) is 3. The molecule has 104 valence electrons. The number of rotatable bonds is 2. The normalized spacial score (nSPS) is 11.2. The van der Waals surface area contributed by atoms with Gasteiger partial charge in [-0.25, -0.2) is 0 Å². The van der Waals surface area contributed by atoms with Gasteiger partial charge in [0.05, 0.1) is 5.69 Å². The maximum Gasteiger partial charge on any atom is 0.264 e. The van der Waals surface area contributed by atoms with Gasteiger partial charge in [-0.15, -0.1) is 0 Å². The van der Waals surface area contributed by atoms with Crippen molar-refractivity contribution in [2.45, 2.75) is 0 Å². The molecule has 0 unspecified atom stereocenters. The number of benzene rings is 2. The highest BCUT2D eigenvalue weighted by Gasteiger charge is 2.05. The Morgan fingerprint density at radius 2 is 1.86 bits per heavy atom. The number of aromatic nitrogens is 2. The third-order valence-corrected chi connectivity index (χ3v) is 3.26. The highest BCUT2D eigenvalue weighted by molar-refractivity contribution is 7.71. The van der Waals surface area contributed by atoms with Crippen LogP contribution in [0.5, 0.6) is 5.88 Å². The number of H-pyrrole nitrogens is 2. The van der Waals surface area contributed by atoms with E-state index >= 15 is 0 Å². The fourth-order valence-electron chi connectivity index (χ4n) is 2.06. The molecular formula is C15H11N3O2S. The molecule has 6 heteroatoms. The molecule has 0 radical (unpaired) electrons. The molecule has 0 aliphatic heterocycles. The van der Waals surface area contributed by atoms with Crippen LogP contribution in [0.25, 0.3) is 10.8 Å². The van der Waals surface area contributed by atoms with E-state index in [1.165, 1.54) is 6.21 Å². The highest BCUT2D eigenvalue weighted by atomic mass is 32.1. The third-order valence-electron chi connectivity index (χ3n) is 3.06. The van der Waals surface area contributed by atoms with Crippen LogP contribution in [-0.2, 0) is 0 Å². The smallest absolute Gasteiger partial charge is 0.264 e. The summed E-state index contributed by atoms with van der Waals surface area (Å²) in [5, 5.41) is 11.8. The van der Waals surface area contributed by atoms with Gasteiger partial charge in [0.15, 0.2) is 4.77 Å². The zero-order chi connectivity index (χ0) is 14.8. The van der Waals surface area contributed by atoms with Crippen LogP contribution in [0.15, 0.2) is 52.3 Å². The SMILES string of the molecule is O=c1[nH]c(=S)[nH]c(O)c1C=Nc1cccc2ccccc12. The molecule has 5 nitrogen and oxygen atoms in total. The van der Waals surface area contributed by atoms with Crippen LogP contribution >= 0.6 is 12.2 Å². The van der Waals surface area contributed by atoms with E-state index in [0.717, 1.165) is 10.8 Å². The Morgan fingerprint density at radius 3 is 2.67 bits per heavy atom. The summed E-state index contributed by atoms with van der Waals surface area (Å²) in [4.78, 5) is 20.9. The minimum absolute atomic E-state index is 0.0385. The van der Waals surface area contributed by atoms with Gasteiger partial charge in [0.2, 0.25) is 5.88 Å². The van der Waals surface area contributed by atoms with Gasteiger partial charge in [0.25, 0.3) is 5.56 Å². The standard InChI is InChI=1S/C15H11N3O2S/c19-13-11(14(20)18-15(21)17-13)8-16-12-7-3-5-9-4-1-2-6-10(9)12/h1-8H,(H3,17,18,19,20,21). The van der Waals surface area contributed by atoms with E-state index in [2.05, 4.69) is 15.0 Å². The fourth-order valence-corrected chi connectivity index (χ4v) is 2.25. The van der Waals surface area contributed by atoms with Crippen LogP contribution in [0, 0.1) is 4.77 Å². The number of nitrogens with one attached hydrogen (secondary N) is 2. The molecule has 1 heterocycles. The van der Waals surface area contributed by atoms with Crippen LogP contribution in [0.2, 0.25) is 0 Å². The molecule has 3 aromatic rings. The lowest BCUT2D eigenvalue weighted by atomic mass is 10.1. The van der Waals surface area contributed by atoms with E-state index in [4.69, 9.17) is 12.2 Å². The third kappa shape index (κ3) is 2.61. The van der Waals surface area contributed by atoms with Gasteiger partial charge in [-0.1, -0.05) is 36.4 Å². The van der Waals surface area contributed by atoms with Crippen molar-refractivity contribution in [3.05, 3.63) is 63.2 Å². The molecule has 21 heavy (non-hydrogen) atoms. The molecule has 0 aliphatic carbocycles. The minimum atomic E-state index is -0.486. The van der Waals surface area contributed by atoms with Crippen LogP contribution in [0.3, 0.4) is 0 Å². The van der Waals surface area contributed by atoms with Crippen LogP contribution in [0.1, 0.15) is 5.56 Å². The largest absolute Gasteiger partial charge is 0.494 e. The minimum Gasteiger partial charge on any atom is -0.494 e. The molecule has 0 aliphatic rings. The molecule has 0 amide bonds. The molecule has 2 aromatic carbocycles. The van der Waals surface area contributed by atoms with Crippen molar-refractivity contribution in [2.75, 3.05) is 0 Å². The van der Waals surface area contributed by atoms with E-state index in [0.29, 0.717) is 5.69 Å². The Morgan fingerprint density at radius 1 is 1.10 bits per heavy atom. The summed E-state index contributed by atoms with van der Waals surface area (Å²) in [6.45, 7) is 0. The van der Waals surface area contributed by atoms with E-state index in [1.54, 1.807) is 0 Å². The van der Waals surface area contributed by atoms with Crippen LogP contribution in [0.4, 0.5) is 5.69 Å². The quantitative estimate of drug-likeness (QED) is 0.502. The summed E-state index contributed by atoms with van der Waals surface area (Å²) in [5.41, 5.74) is 0.270. The first-order chi connectivity index (χ1) is 10.1. The lowest BCUT2D eigenvalue weighted by Crippen LogP contribution is -2.13. The second-order valence-electron chi connectivity index (χ2n) is 4.43. The van der Waals surface area contributed by atoms with Crippen molar-refractivity contribution in [2.24, 2.45) is 4.99 Å². The summed E-state index contributed by atoms with van der Waals surface area (Å²) in [7, 11) is 0. The molecule has 0 fully saturated rings. The predicted molar refractivity (Wildman–Crippen MR) is 85.1 cm³/mol. The van der Waals surface area contributed by atoms with Crippen molar-refractivity contribution < 1.29 is 5.11 Å². The van der Waals surface area contributed by atoms with Crippen molar-refractivity contribution in [3.8, 4) is 5.88 Å². The lowest BCUT2D eigenvalue weighted by Gasteiger charge is -2.01. The summed E-state index contributed by atoms with van der Waals surface area (Å²) in [6.07, 6.45) is 1.32. The number of aromatic hydroxyl groups is 1. The molecule has 3 N–H and O–H groups in total. The number of fused-ring (bicyclic) bond motifs is 1. The average Bonchev–Trinajstić information content (AvgIpc) is 2.46. The second kappa shape index (κ2) is 5.34. The predicted octanol–water partition coefficient (Wildman–Crippen LogP) is 3.04. The van der Waals surface area contributed by atoms with Gasteiger partial charge in [-0.05, 0) is 23.7 Å². The topological polar surface area (TPSA) is 81.2 Å². The van der Waals surface area contributed by atoms with Crippen molar-refractivity contribution >= 4 is 34.9 Å². The Bertz CT molecular complexity index is 952. The summed E-state index contributed by atoms with van der Waals surface area (Å²) in [6, 6.07) is 13.5. The molecule has 0 saturated heterocycles. The van der Waals surface area contributed by atoms with E-state index in [9.17, 15) is 9.90 Å². The first kappa shape index (κ1) is 13.3. The van der Waals surface area contributed by atoms with Crippen LogP contribution in [-0.4, -0.2) is 21.3 Å². The van der Waals surface area contributed by atoms with Crippen molar-refractivity contribution in [1.29, 1.82) is 0 Å². The molecule has 0 spiro atoms. The molecule has 0 saturated carbocycles. The fraction of sp³-hybridized carbons (Fsp3) is 0. The van der Waals surface area contributed by atoms with Crippen LogP contribution < -0.4 is 5.56 Å². The summed E-state index contributed by atoms with van der Waals surface area (Å²) < 4.78 is 0.0693. The second-order valence-corrected chi connectivity index (χ2v) is 4.84. The number of hydrogen-bond acceptors (Lipinski definition) is 4. The van der Waals surface area contributed by atoms with Crippen molar-refractivity contribution in [1.82, 2.24) is 9.97 Å². The highest BCUT2D eigenvalue weighted by Crippen LogP contribution is 2.25. The summed E-state index contributed by atoms with van der Waals surface area (Å²) >= 11 is 4.77. The molecule has 0 bridgehead atoms. The maximum absolute atomic E-state index is 11.8. The number of aliphatic imine (C=N–C) groups is 1. The zero-order valence-corrected chi connectivity index (χ0v) is 11.6. The lowest BCUT2D eigenvalue weighted by molar-refractivity contribution is 0.449. The van der Waals surface area contributed by atoms with Gasteiger partial charge < -0.3 is 10.1 Å². The monoisotopic (exact) mass is 297 g/mol. The van der Waals surface area contributed by atoms with E-state index < -0.39 is 5.56 Å². The number of aromatic amines is 2. The maximum atomic E-state index is 11.8. The average molecular weight is 297 g/mol. The molecule has 3 rings (SSSR count). The Kier molecular flexibility index (Phi) is 3.37. The van der Waals surface area contributed by atoms with Gasteiger partial charge >= 0.3 is 0 Å². The van der Waals surface area contributed by atoms with Gasteiger partial charge in [0.1, 0.15) is 5.56 Å². The first-order valence-corrected chi connectivity index (χ1v) is 6.63. The van der Waals surface area contributed by atoms with Gasteiger partial charge in [-0.3, -0.25) is 14.8 Å². The summed E-state index contributed by atoms with van der Waals surface area (Å²) in [5.74, 6) is -0.298. The Labute approximate surface area is 124 Å². The first-order valence-electron chi connectivity index (χ1n) is 6.22. The van der Waals surface area contributed by atoms with E-state index in [1.807, 2.05) is 42.5 Å². The zero-order valence-electron chi connectivity index (χ0n) is 10.8. The number of nitrogens with zero attached hydrogens (tertiary/aromatic N) is 1. The Balaban J connectivity index is 2.11. The van der Waals surface area contributed by atoms with Gasteiger partial charge in [0, 0.05) is 11.6 Å². The van der Waals surface area contributed by atoms with Gasteiger partial charge in [-0.2, -0.15) is 0 Å². The molecule has 0 atom stereocenters. The molecular weight excluding hydrogens is 286 g/mol. The Hall–Kier alpha value is -2.73. The van der Waals surface area contributed by atoms with E-state index in [-0.39, 0.29) is 16.2 Å². The van der Waals surface area contributed by atoms with Crippen molar-refractivity contribution in [3.63, 3.8) is 0 Å².